The number of nitrogens with two attached hydrogens (primary N) is 1. The molecule has 0 fully saturated rings. The van der Waals surface area contributed by atoms with Crippen LogP contribution in [0, 0.1) is 6.92 Å². The highest BCUT2D eigenvalue weighted by atomic mass is 15.2. The number of hydrogen-bond donors (Lipinski definition) is 1. The summed E-state index contributed by atoms with van der Waals surface area (Å²) in [5.41, 5.74) is 7.88. The minimum Gasteiger partial charge on any atom is -0.396 e. The summed E-state index contributed by atoms with van der Waals surface area (Å²) in [5, 5.41) is 0. The molecule has 0 aliphatic carbocycles. The van der Waals surface area contributed by atoms with Crippen LogP contribution in [0.3, 0.4) is 0 Å². The Kier molecular flexibility index (Phi) is 3.33. The van der Waals surface area contributed by atoms with E-state index in [0.717, 1.165) is 23.6 Å². The molecule has 0 saturated carbocycles. The normalized spacial score (nSPS) is 10.6. The van der Waals surface area contributed by atoms with E-state index in [1.165, 1.54) is 0 Å². The van der Waals surface area contributed by atoms with Crippen LogP contribution in [-0.4, -0.2) is 17.6 Å². The van der Waals surface area contributed by atoms with Gasteiger partial charge in [0, 0.05) is 18.8 Å². The van der Waals surface area contributed by atoms with Crippen molar-refractivity contribution in [1.82, 2.24) is 4.98 Å². The molecule has 0 aliphatic rings. The maximum atomic E-state index is 5.99. The smallest absolute Gasteiger partial charge is 0.152 e. The first kappa shape index (κ1) is 10.8. The summed E-state index contributed by atoms with van der Waals surface area (Å²) in [6.45, 7) is 9.34. The lowest BCUT2D eigenvalue weighted by Gasteiger charge is -2.27. The third-order valence-corrected chi connectivity index (χ3v) is 2.42. The third-order valence-electron chi connectivity index (χ3n) is 2.42. The average molecular weight is 193 g/mol. The van der Waals surface area contributed by atoms with E-state index >= 15 is 0 Å². The molecule has 0 unspecified atom stereocenters. The number of rotatable bonds is 3. The number of pyridine rings is 1. The monoisotopic (exact) mass is 193 g/mol. The van der Waals surface area contributed by atoms with Gasteiger partial charge in [-0.3, -0.25) is 0 Å². The molecular weight excluding hydrogens is 174 g/mol. The van der Waals surface area contributed by atoms with E-state index in [0.29, 0.717) is 6.04 Å². The van der Waals surface area contributed by atoms with E-state index in [1.54, 1.807) is 0 Å². The quantitative estimate of drug-likeness (QED) is 0.800. The molecule has 0 radical (unpaired) electrons. The Labute approximate surface area is 85.9 Å². The zero-order valence-electron chi connectivity index (χ0n) is 9.41. The number of nitrogens with zero attached hydrogens (tertiary/aromatic N) is 2. The Balaban J connectivity index is 3.10. The van der Waals surface area contributed by atoms with Gasteiger partial charge in [-0.05, 0) is 39.3 Å². The molecule has 1 aromatic heterocycles. The second kappa shape index (κ2) is 4.31. The largest absolute Gasteiger partial charge is 0.396 e. The van der Waals surface area contributed by atoms with Gasteiger partial charge in [0.2, 0.25) is 0 Å². The zero-order valence-corrected chi connectivity index (χ0v) is 9.41. The van der Waals surface area contributed by atoms with Gasteiger partial charge in [-0.1, -0.05) is 0 Å². The average Bonchev–Trinajstić information content (AvgIpc) is 2.13. The van der Waals surface area contributed by atoms with E-state index in [4.69, 9.17) is 5.73 Å². The van der Waals surface area contributed by atoms with Gasteiger partial charge >= 0.3 is 0 Å². The summed E-state index contributed by atoms with van der Waals surface area (Å²) < 4.78 is 0. The predicted molar refractivity (Wildman–Crippen MR) is 61.5 cm³/mol. The van der Waals surface area contributed by atoms with Crippen molar-refractivity contribution in [3.05, 3.63) is 17.8 Å². The lowest BCUT2D eigenvalue weighted by Crippen LogP contribution is -2.31. The van der Waals surface area contributed by atoms with Crippen LogP contribution in [0.5, 0.6) is 0 Å². The van der Waals surface area contributed by atoms with Crippen LogP contribution in [0.25, 0.3) is 0 Å². The Morgan fingerprint density at radius 3 is 2.64 bits per heavy atom. The van der Waals surface area contributed by atoms with Crippen LogP contribution in [0.4, 0.5) is 11.5 Å². The van der Waals surface area contributed by atoms with Gasteiger partial charge in [0.1, 0.15) is 0 Å². The van der Waals surface area contributed by atoms with E-state index < -0.39 is 0 Å². The fourth-order valence-electron chi connectivity index (χ4n) is 1.54. The van der Waals surface area contributed by atoms with E-state index in [1.807, 2.05) is 19.2 Å². The number of aryl methyl sites for hydroxylation is 1. The third kappa shape index (κ3) is 1.97. The molecular formula is C11H19N3. The molecule has 0 amide bonds. The van der Waals surface area contributed by atoms with Crippen LogP contribution in [-0.2, 0) is 0 Å². The molecule has 1 rings (SSSR count). The van der Waals surface area contributed by atoms with Gasteiger partial charge in [0.25, 0.3) is 0 Å². The van der Waals surface area contributed by atoms with Gasteiger partial charge in [-0.2, -0.15) is 0 Å². The maximum Gasteiger partial charge on any atom is 0.152 e. The molecule has 0 bridgehead atoms. The maximum absolute atomic E-state index is 5.99. The Morgan fingerprint density at radius 2 is 2.14 bits per heavy atom. The van der Waals surface area contributed by atoms with Gasteiger partial charge < -0.3 is 10.6 Å². The van der Waals surface area contributed by atoms with Crippen molar-refractivity contribution in [2.24, 2.45) is 0 Å². The fourth-order valence-corrected chi connectivity index (χ4v) is 1.54. The van der Waals surface area contributed by atoms with Crippen LogP contribution in [0.2, 0.25) is 0 Å². The van der Waals surface area contributed by atoms with Crippen molar-refractivity contribution in [3.63, 3.8) is 0 Å². The van der Waals surface area contributed by atoms with E-state index in [9.17, 15) is 0 Å². The Morgan fingerprint density at radius 1 is 1.50 bits per heavy atom. The molecule has 14 heavy (non-hydrogen) atoms. The van der Waals surface area contributed by atoms with E-state index in [2.05, 4.69) is 30.7 Å². The summed E-state index contributed by atoms with van der Waals surface area (Å²) >= 11 is 0. The number of nitrogen functional groups attached to an aromatic ring is 1. The molecule has 2 N–H and O–H groups in total. The summed E-state index contributed by atoms with van der Waals surface area (Å²) in [6, 6.07) is 2.36. The van der Waals surface area contributed by atoms with Crippen molar-refractivity contribution in [1.29, 1.82) is 0 Å². The lowest BCUT2D eigenvalue weighted by molar-refractivity contribution is 0.694. The molecule has 78 valence electrons. The van der Waals surface area contributed by atoms with Crippen LogP contribution >= 0.6 is 0 Å². The molecule has 0 aromatic carbocycles. The molecule has 1 aromatic rings. The summed E-state index contributed by atoms with van der Waals surface area (Å²) in [5.74, 6) is 0.905. The molecule has 0 saturated heterocycles. The van der Waals surface area contributed by atoms with E-state index in [-0.39, 0.29) is 0 Å². The molecule has 0 spiro atoms. The van der Waals surface area contributed by atoms with Crippen molar-refractivity contribution in [2.45, 2.75) is 33.7 Å². The fraction of sp³-hybridized carbons (Fsp3) is 0.545. The standard InChI is InChI=1S/C11H19N3/c1-5-14(8(2)3)11-10(12)9(4)6-7-13-11/h6-8H,5,12H2,1-4H3. The van der Waals surface area contributed by atoms with Crippen molar-refractivity contribution in [3.8, 4) is 0 Å². The predicted octanol–water partition coefficient (Wildman–Crippen LogP) is 2.21. The number of hydrogen-bond acceptors (Lipinski definition) is 3. The van der Waals surface area contributed by atoms with Crippen LogP contribution in [0.1, 0.15) is 26.3 Å². The highest BCUT2D eigenvalue weighted by Gasteiger charge is 2.13. The second-order valence-electron chi connectivity index (χ2n) is 3.74. The first-order valence-corrected chi connectivity index (χ1v) is 5.05. The molecule has 1 heterocycles. The Bertz CT molecular complexity index is 307. The lowest BCUT2D eigenvalue weighted by atomic mass is 10.2. The van der Waals surface area contributed by atoms with Gasteiger partial charge in [0.05, 0.1) is 5.69 Å². The van der Waals surface area contributed by atoms with Gasteiger partial charge in [-0.25, -0.2) is 4.98 Å². The molecule has 3 nitrogen and oxygen atoms in total. The summed E-state index contributed by atoms with van der Waals surface area (Å²) in [7, 11) is 0. The summed E-state index contributed by atoms with van der Waals surface area (Å²) in [4.78, 5) is 6.53. The van der Waals surface area contributed by atoms with Crippen LogP contribution in [0.15, 0.2) is 12.3 Å². The molecule has 3 heteroatoms. The van der Waals surface area contributed by atoms with Crippen molar-refractivity contribution >= 4 is 11.5 Å². The first-order valence-electron chi connectivity index (χ1n) is 5.05. The SMILES string of the molecule is CCN(c1nccc(C)c1N)C(C)C. The first-order chi connectivity index (χ1) is 6.57. The Hall–Kier alpha value is -1.25. The summed E-state index contributed by atoms with van der Waals surface area (Å²) in [6.07, 6.45) is 1.81. The molecule has 0 atom stereocenters. The number of aromatic nitrogens is 1. The second-order valence-corrected chi connectivity index (χ2v) is 3.74. The highest BCUT2D eigenvalue weighted by molar-refractivity contribution is 5.66. The topological polar surface area (TPSA) is 42.2 Å². The van der Waals surface area contributed by atoms with Gasteiger partial charge in [-0.15, -0.1) is 0 Å². The van der Waals surface area contributed by atoms with Crippen molar-refractivity contribution in [2.75, 3.05) is 17.2 Å². The van der Waals surface area contributed by atoms with Crippen LogP contribution < -0.4 is 10.6 Å². The van der Waals surface area contributed by atoms with Crippen molar-refractivity contribution < 1.29 is 0 Å². The number of anilines is 2. The minimum atomic E-state index is 0.427. The molecule has 0 aliphatic heterocycles. The zero-order chi connectivity index (χ0) is 10.7. The highest BCUT2D eigenvalue weighted by Crippen LogP contribution is 2.24. The van der Waals surface area contributed by atoms with Gasteiger partial charge in [0.15, 0.2) is 5.82 Å². The minimum absolute atomic E-state index is 0.427.